The number of nitriles is 1. The summed E-state index contributed by atoms with van der Waals surface area (Å²) in [6, 6.07) is 4.67. The number of halogens is 4. The molecule has 8 rings (SSSR count). The highest BCUT2D eigenvalue weighted by Gasteiger charge is 2.49. The largest absolute Gasteiger partial charge is 0.489 e. The van der Waals surface area contributed by atoms with Crippen LogP contribution in [0.1, 0.15) is 37.7 Å². The molecule has 0 spiro atoms. The standard InChI is InChI=1S/C32H31ClF3N7O2S/c33-24-22(18-4-5-20(35)28-21(18)19(12-37)29(38)46-28)25(36)26-23-27(24)44-10-9-43(17-3-1-7-39-13-17)30(23)41-31(40-26)45-15-32-6-2-8-42(32)14-16(34)11-32/h4-5,16-17,39H,1-3,6-11,13-15,38H2/t16-,17?,32+/m1/s1. The van der Waals surface area contributed by atoms with E-state index in [1.54, 1.807) is 0 Å². The maximum Gasteiger partial charge on any atom is 0.319 e. The maximum atomic E-state index is 17.1. The van der Waals surface area contributed by atoms with Crippen LogP contribution in [0.2, 0.25) is 5.02 Å². The lowest BCUT2D eigenvalue weighted by Gasteiger charge is -2.35. The minimum absolute atomic E-state index is 0.0263. The number of nitrogen functional groups attached to an aromatic ring is 1. The number of ether oxygens (including phenoxy) is 2. The molecular weight excluding hydrogens is 639 g/mol. The quantitative estimate of drug-likeness (QED) is 0.272. The molecule has 3 N–H and O–H groups in total. The summed E-state index contributed by atoms with van der Waals surface area (Å²) in [5.41, 5.74) is 5.73. The molecule has 240 valence electrons. The van der Waals surface area contributed by atoms with Crippen LogP contribution in [0.25, 0.3) is 32.1 Å². The summed E-state index contributed by atoms with van der Waals surface area (Å²) in [5.74, 6) is -0.706. The highest BCUT2D eigenvalue weighted by Crippen LogP contribution is 2.51. The lowest BCUT2D eigenvalue weighted by atomic mass is 9.95. The third-order valence-corrected chi connectivity index (χ3v) is 11.3. The first-order valence-electron chi connectivity index (χ1n) is 15.6. The van der Waals surface area contributed by atoms with Crippen molar-refractivity contribution in [1.82, 2.24) is 20.2 Å². The Morgan fingerprint density at radius 2 is 2.11 bits per heavy atom. The van der Waals surface area contributed by atoms with E-state index in [2.05, 4.69) is 20.1 Å². The Balaban J connectivity index is 1.34. The zero-order chi connectivity index (χ0) is 31.7. The van der Waals surface area contributed by atoms with Crippen molar-refractivity contribution in [1.29, 1.82) is 5.26 Å². The minimum atomic E-state index is -0.931. The van der Waals surface area contributed by atoms with Crippen molar-refractivity contribution in [2.24, 2.45) is 0 Å². The van der Waals surface area contributed by atoms with Crippen molar-refractivity contribution < 1.29 is 22.6 Å². The Bertz CT molecular complexity index is 1930. The van der Waals surface area contributed by atoms with Gasteiger partial charge in [-0.3, -0.25) is 4.90 Å². The van der Waals surface area contributed by atoms with E-state index in [1.165, 1.54) is 12.1 Å². The summed E-state index contributed by atoms with van der Waals surface area (Å²) in [6.07, 6.45) is 3.05. The fourth-order valence-corrected chi connectivity index (χ4v) is 9.13. The number of piperidine rings is 1. The van der Waals surface area contributed by atoms with Crippen molar-refractivity contribution >= 4 is 54.7 Å². The Morgan fingerprint density at radius 3 is 2.91 bits per heavy atom. The first kappa shape index (κ1) is 29.8. The van der Waals surface area contributed by atoms with E-state index in [9.17, 15) is 14.0 Å². The monoisotopic (exact) mass is 669 g/mol. The molecule has 46 heavy (non-hydrogen) atoms. The number of thiophene rings is 1. The summed E-state index contributed by atoms with van der Waals surface area (Å²) in [7, 11) is 0. The SMILES string of the molecule is N#Cc1c(N)sc2c(F)ccc(-c3c(Cl)c4c5c(nc(OC[C@@]67CCCN6C[C@H](F)C7)nc5c3F)N(C3CCCNC3)CCO4)c12. The molecule has 0 radical (unpaired) electrons. The van der Waals surface area contributed by atoms with Gasteiger partial charge in [-0.25, -0.2) is 13.2 Å². The van der Waals surface area contributed by atoms with Crippen LogP contribution in [-0.4, -0.2) is 78.6 Å². The molecular formula is C32H31ClF3N7O2S. The van der Waals surface area contributed by atoms with Crippen LogP contribution in [0.5, 0.6) is 11.8 Å². The summed E-state index contributed by atoms with van der Waals surface area (Å²) >= 11 is 7.93. The van der Waals surface area contributed by atoms with Crippen LogP contribution in [0.3, 0.4) is 0 Å². The van der Waals surface area contributed by atoms with Gasteiger partial charge in [0, 0.05) is 36.5 Å². The predicted molar refractivity (Wildman–Crippen MR) is 172 cm³/mol. The normalized spacial score (nSPS) is 24.6. The van der Waals surface area contributed by atoms with Gasteiger partial charge < -0.3 is 25.4 Å². The Morgan fingerprint density at radius 1 is 1.24 bits per heavy atom. The van der Waals surface area contributed by atoms with Crippen LogP contribution < -0.4 is 25.4 Å². The molecule has 14 heteroatoms. The van der Waals surface area contributed by atoms with Crippen molar-refractivity contribution in [3.63, 3.8) is 0 Å². The van der Waals surface area contributed by atoms with Gasteiger partial charge in [0.1, 0.15) is 47.6 Å². The van der Waals surface area contributed by atoms with Gasteiger partial charge in [0.15, 0.2) is 11.6 Å². The van der Waals surface area contributed by atoms with E-state index in [0.717, 1.165) is 50.1 Å². The van der Waals surface area contributed by atoms with Gasteiger partial charge in [-0.05, 0) is 50.4 Å². The minimum Gasteiger partial charge on any atom is -0.489 e. The van der Waals surface area contributed by atoms with E-state index < -0.39 is 23.3 Å². The number of fused-ring (bicyclic) bond motifs is 2. The molecule has 2 aromatic carbocycles. The van der Waals surface area contributed by atoms with Gasteiger partial charge in [-0.1, -0.05) is 17.7 Å². The number of alkyl halides is 1. The number of nitrogens with zero attached hydrogens (tertiary/aromatic N) is 5. The smallest absolute Gasteiger partial charge is 0.319 e. The number of benzene rings is 2. The Kier molecular flexibility index (Phi) is 7.32. The molecule has 2 aromatic heterocycles. The zero-order valence-corrected chi connectivity index (χ0v) is 26.4. The van der Waals surface area contributed by atoms with Crippen molar-refractivity contribution in [2.75, 3.05) is 56.6 Å². The Labute approximate surface area is 272 Å². The number of nitrogens with one attached hydrogen (secondary N) is 1. The molecule has 9 nitrogen and oxygen atoms in total. The van der Waals surface area contributed by atoms with Crippen LogP contribution in [0.15, 0.2) is 12.1 Å². The molecule has 3 fully saturated rings. The van der Waals surface area contributed by atoms with Crippen LogP contribution in [0, 0.1) is 23.0 Å². The molecule has 0 bridgehead atoms. The first-order chi connectivity index (χ1) is 22.3. The average molecular weight is 670 g/mol. The maximum absolute atomic E-state index is 17.1. The number of hydrogen-bond acceptors (Lipinski definition) is 10. The van der Waals surface area contributed by atoms with Gasteiger partial charge >= 0.3 is 6.01 Å². The summed E-state index contributed by atoms with van der Waals surface area (Å²) in [4.78, 5) is 13.7. The molecule has 0 amide bonds. The third kappa shape index (κ3) is 4.56. The highest BCUT2D eigenvalue weighted by atomic mass is 35.5. The number of aromatic nitrogens is 2. The fourth-order valence-electron chi connectivity index (χ4n) is 7.84. The van der Waals surface area contributed by atoms with Gasteiger partial charge in [-0.15, -0.1) is 11.3 Å². The van der Waals surface area contributed by atoms with Gasteiger partial charge in [-0.2, -0.15) is 15.2 Å². The van der Waals surface area contributed by atoms with Gasteiger partial charge in [0.25, 0.3) is 0 Å². The average Bonchev–Trinajstić information content (AvgIpc) is 3.65. The second kappa shape index (κ2) is 11.3. The summed E-state index contributed by atoms with van der Waals surface area (Å²) in [6.45, 7) is 3.67. The van der Waals surface area contributed by atoms with Crippen molar-refractivity contribution in [2.45, 2.75) is 49.9 Å². The predicted octanol–water partition coefficient (Wildman–Crippen LogP) is 5.80. The topological polar surface area (TPSA) is 113 Å². The van der Waals surface area contributed by atoms with Gasteiger partial charge in [0.05, 0.1) is 32.8 Å². The van der Waals surface area contributed by atoms with Crippen LogP contribution in [0.4, 0.5) is 24.0 Å². The number of nitrogens with two attached hydrogens (primary N) is 1. The van der Waals surface area contributed by atoms with E-state index in [4.69, 9.17) is 31.8 Å². The molecule has 3 atom stereocenters. The summed E-state index contributed by atoms with van der Waals surface area (Å²) in [5, 5.41) is 13.9. The second-order valence-electron chi connectivity index (χ2n) is 12.5. The molecule has 4 aliphatic rings. The van der Waals surface area contributed by atoms with E-state index in [1.807, 2.05) is 6.07 Å². The second-order valence-corrected chi connectivity index (χ2v) is 14.0. The number of hydrogen-bond donors (Lipinski definition) is 2. The van der Waals surface area contributed by atoms with Gasteiger partial charge in [0.2, 0.25) is 0 Å². The highest BCUT2D eigenvalue weighted by molar-refractivity contribution is 7.23. The Hall–Kier alpha value is -3.57. The lowest BCUT2D eigenvalue weighted by Crippen LogP contribution is -2.47. The van der Waals surface area contributed by atoms with E-state index in [-0.39, 0.29) is 73.3 Å². The molecule has 4 aliphatic heterocycles. The molecule has 0 aliphatic carbocycles. The van der Waals surface area contributed by atoms with E-state index >= 15 is 4.39 Å². The molecule has 1 unspecified atom stereocenters. The number of anilines is 2. The number of rotatable bonds is 5. The fraction of sp³-hybridized carbons (Fsp3) is 0.469. The third-order valence-electron chi connectivity index (χ3n) is 9.94. The molecule has 6 heterocycles. The molecule has 0 saturated carbocycles. The molecule has 3 saturated heterocycles. The van der Waals surface area contributed by atoms with Crippen LogP contribution in [-0.2, 0) is 0 Å². The summed E-state index contributed by atoms with van der Waals surface area (Å²) < 4.78 is 59.2. The van der Waals surface area contributed by atoms with Crippen LogP contribution >= 0.6 is 22.9 Å². The lowest BCUT2D eigenvalue weighted by molar-refractivity contribution is 0.107. The first-order valence-corrected chi connectivity index (χ1v) is 16.7. The van der Waals surface area contributed by atoms with E-state index in [0.29, 0.717) is 37.3 Å². The zero-order valence-electron chi connectivity index (χ0n) is 24.8. The van der Waals surface area contributed by atoms with Crippen molar-refractivity contribution in [3.8, 4) is 29.0 Å². The molecule has 4 aromatic rings. The van der Waals surface area contributed by atoms with Crippen molar-refractivity contribution in [3.05, 3.63) is 34.4 Å².